The van der Waals surface area contributed by atoms with Crippen LogP contribution in [0.2, 0.25) is 10.0 Å². The number of carbonyl (C=O) groups is 1. The summed E-state index contributed by atoms with van der Waals surface area (Å²) in [5.41, 5.74) is 0.108. The molecule has 0 fully saturated rings. The Balaban J connectivity index is 1.39. The summed E-state index contributed by atoms with van der Waals surface area (Å²) in [7, 11) is 0. The molecule has 1 aliphatic rings. The van der Waals surface area contributed by atoms with E-state index in [2.05, 4.69) is 10.1 Å². The maximum Gasteiger partial charge on any atom is 0.349 e. The number of carbonyl (C=O) groups excluding carboxylic acids is 1. The zero-order chi connectivity index (χ0) is 26.1. The molecule has 2 aromatic heterocycles. The van der Waals surface area contributed by atoms with Gasteiger partial charge in [0.25, 0.3) is 11.5 Å². The van der Waals surface area contributed by atoms with E-state index in [1.54, 1.807) is 35.4 Å². The molecule has 0 aliphatic carbocycles. The SMILES string of the molecule is N#Cc1nn(-c2cc(Cl)c(Oc3ccc4c(c3)CCN(Cc3ccccn3)C4=O)c(Cl)c2)c(=O)[nH]c1=O. The van der Waals surface area contributed by atoms with E-state index in [0.717, 1.165) is 15.9 Å². The molecular formula is C25H16Cl2N6O4. The maximum absolute atomic E-state index is 13.0. The minimum absolute atomic E-state index is 0.0660. The number of ether oxygens (including phenoxy) is 1. The predicted octanol–water partition coefficient (Wildman–Crippen LogP) is 3.49. The number of amides is 1. The molecule has 0 saturated carbocycles. The van der Waals surface area contributed by atoms with Gasteiger partial charge in [-0.1, -0.05) is 29.3 Å². The lowest BCUT2D eigenvalue weighted by Crippen LogP contribution is -2.37. The van der Waals surface area contributed by atoms with Gasteiger partial charge in [0.05, 0.1) is 28.0 Å². The van der Waals surface area contributed by atoms with Crippen LogP contribution in [0.5, 0.6) is 11.5 Å². The third-order valence-corrected chi connectivity index (χ3v) is 6.27. The Morgan fingerprint density at radius 3 is 2.57 bits per heavy atom. The molecule has 12 heteroatoms. The number of benzene rings is 2. The first-order valence-electron chi connectivity index (χ1n) is 11.0. The Kier molecular flexibility index (Phi) is 6.48. The normalized spacial score (nSPS) is 12.7. The van der Waals surface area contributed by atoms with Crippen molar-refractivity contribution in [2.75, 3.05) is 6.54 Å². The number of aromatic nitrogens is 4. The third-order valence-electron chi connectivity index (χ3n) is 5.71. The fraction of sp³-hybridized carbons (Fsp3) is 0.120. The lowest BCUT2D eigenvalue weighted by Gasteiger charge is -2.28. The van der Waals surface area contributed by atoms with Gasteiger partial charge in [-0.3, -0.25) is 19.6 Å². The molecule has 0 unspecified atom stereocenters. The second-order valence-electron chi connectivity index (χ2n) is 8.09. The molecular weight excluding hydrogens is 519 g/mol. The number of nitrogens with zero attached hydrogens (tertiary/aromatic N) is 5. The summed E-state index contributed by atoms with van der Waals surface area (Å²) in [6.45, 7) is 0.964. The lowest BCUT2D eigenvalue weighted by atomic mass is 9.98. The molecule has 10 nitrogen and oxygen atoms in total. The van der Waals surface area contributed by atoms with Crippen LogP contribution in [0, 0.1) is 11.3 Å². The van der Waals surface area contributed by atoms with Crippen LogP contribution in [-0.4, -0.2) is 37.1 Å². The van der Waals surface area contributed by atoms with Gasteiger partial charge in [-0.2, -0.15) is 9.94 Å². The quantitative estimate of drug-likeness (QED) is 0.414. The van der Waals surface area contributed by atoms with Crippen molar-refractivity contribution in [3.63, 3.8) is 0 Å². The van der Waals surface area contributed by atoms with Gasteiger partial charge in [-0.15, -0.1) is 5.10 Å². The van der Waals surface area contributed by atoms with Gasteiger partial charge in [-0.05, 0) is 54.4 Å². The Morgan fingerprint density at radius 2 is 1.86 bits per heavy atom. The summed E-state index contributed by atoms with van der Waals surface area (Å²) in [6.07, 6.45) is 2.33. The topological polar surface area (TPSA) is 134 Å². The van der Waals surface area contributed by atoms with Crippen LogP contribution < -0.4 is 16.0 Å². The van der Waals surface area contributed by atoms with E-state index >= 15 is 0 Å². The molecule has 37 heavy (non-hydrogen) atoms. The molecule has 0 radical (unpaired) electrons. The van der Waals surface area contributed by atoms with Crippen LogP contribution >= 0.6 is 23.2 Å². The first-order chi connectivity index (χ1) is 17.8. The number of nitrogens with one attached hydrogen (secondary N) is 1. The number of halogens is 2. The summed E-state index contributed by atoms with van der Waals surface area (Å²) < 4.78 is 6.74. The summed E-state index contributed by atoms with van der Waals surface area (Å²) in [5.74, 6) is 0.464. The van der Waals surface area contributed by atoms with Gasteiger partial charge in [0.1, 0.15) is 11.8 Å². The smallest absolute Gasteiger partial charge is 0.349 e. The first kappa shape index (κ1) is 24.2. The minimum atomic E-state index is -0.897. The second kappa shape index (κ2) is 9.89. The zero-order valence-electron chi connectivity index (χ0n) is 18.9. The Labute approximate surface area is 219 Å². The standard InChI is InChI=1S/C25H16Cl2N6O4/c26-19-10-16(33-25(36)30-23(34)21(12-28)31-33)11-20(27)22(19)37-17-4-5-18-14(9-17)6-8-32(24(18)35)13-15-3-1-2-7-29-15/h1-5,7,9-11H,6,8,13H2,(H,30,34,36). The molecule has 0 spiro atoms. The molecule has 1 N–H and O–H groups in total. The average molecular weight is 535 g/mol. The van der Waals surface area contributed by atoms with E-state index < -0.39 is 16.9 Å². The van der Waals surface area contributed by atoms with E-state index in [-0.39, 0.29) is 27.4 Å². The number of H-pyrrole nitrogens is 1. The number of aromatic amines is 1. The predicted molar refractivity (Wildman–Crippen MR) is 134 cm³/mol. The summed E-state index contributed by atoms with van der Waals surface area (Å²) in [4.78, 5) is 44.9. The van der Waals surface area contributed by atoms with Crippen molar-refractivity contribution in [3.8, 4) is 23.3 Å². The van der Waals surface area contributed by atoms with Gasteiger partial charge in [0.15, 0.2) is 5.75 Å². The minimum Gasteiger partial charge on any atom is -0.454 e. The number of rotatable bonds is 5. The molecule has 0 atom stereocenters. The van der Waals surface area contributed by atoms with E-state index in [1.807, 2.05) is 23.2 Å². The van der Waals surface area contributed by atoms with Crippen LogP contribution in [0.25, 0.3) is 5.69 Å². The van der Waals surface area contributed by atoms with E-state index in [9.17, 15) is 14.4 Å². The molecule has 5 rings (SSSR count). The molecule has 0 saturated heterocycles. The molecule has 1 amide bonds. The molecule has 4 aromatic rings. The monoisotopic (exact) mass is 534 g/mol. The Morgan fingerprint density at radius 1 is 1.08 bits per heavy atom. The number of hydrogen-bond acceptors (Lipinski definition) is 7. The van der Waals surface area contributed by atoms with Crippen LogP contribution in [0.15, 0.2) is 64.3 Å². The first-order valence-corrected chi connectivity index (χ1v) is 11.7. The van der Waals surface area contributed by atoms with E-state index in [0.29, 0.717) is 30.8 Å². The van der Waals surface area contributed by atoms with Crippen molar-refractivity contribution in [1.82, 2.24) is 24.6 Å². The van der Waals surface area contributed by atoms with E-state index in [4.69, 9.17) is 33.2 Å². The lowest BCUT2D eigenvalue weighted by molar-refractivity contribution is 0.0725. The molecule has 1 aliphatic heterocycles. The Bertz CT molecular complexity index is 1670. The van der Waals surface area contributed by atoms with Crippen LogP contribution in [-0.2, 0) is 13.0 Å². The molecule has 3 heterocycles. The van der Waals surface area contributed by atoms with Crippen molar-refractivity contribution in [2.24, 2.45) is 0 Å². The zero-order valence-corrected chi connectivity index (χ0v) is 20.5. The summed E-state index contributed by atoms with van der Waals surface area (Å²) in [6, 6.07) is 15.1. The van der Waals surface area contributed by atoms with Gasteiger partial charge in [0, 0.05) is 18.3 Å². The highest BCUT2D eigenvalue weighted by atomic mass is 35.5. The number of nitriles is 1. The van der Waals surface area contributed by atoms with E-state index in [1.165, 1.54) is 12.1 Å². The van der Waals surface area contributed by atoms with Gasteiger partial charge < -0.3 is 9.64 Å². The molecule has 0 bridgehead atoms. The van der Waals surface area contributed by atoms with Crippen molar-refractivity contribution in [1.29, 1.82) is 5.26 Å². The highest BCUT2D eigenvalue weighted by Gasteiger charge is 2.25. The van der Waals surface area contributed by atoms with Crippen molar-refractivity contribution >= 4 is 29.1 Å². The van der Waals surface area contributed by atoms with Gasteiger partial charge >= 0.3 is 5.69 Å². The average Bonchev–Trinajstić information content (AvgIpc) is 2.88. The van der Waals surface area contributed by atoms with Crippen molar-refractivity contribution in [2.45, 2.75) is 13.0 Å². The van der Waals surface area contributed by atoms with Gasteiger partial charge in [0.2, 0.25) is 5.69 Å². The maximum atomic E-state index is 13.0. The highest BCUT2D eigenvalue weighted by Crippen LogP contribution is 2.38. The summed E-state index contributed by atoms with van der Waals surface area (Å²) in [5, 5.41) is 12.9. The fourth-order valence-electron chi connectivity index (χ4n) is 3.95. The van der Waals surface area contributed by atoms with Crippen LogP contribution in [0.3, 0.4) is 0 Å². The van der Waals surface area contributed by atoms with Gasteiger partial charge in [-0.25, -0.2) is 4.79 Å². The number of hydrogen-bond donors (Lipinski definition) is 1. The fourth-order valence-corrected chi connectivity index (χ4v) is 4.50. The Hall–Kier alpha value is -4.46. The number of pyridine rings is 1. The largest absolute Gasteiger partial charge is 0.454 e. The van der Waals surface area contributed by atoms with Crippen molar-refractivity contribution < 1.29 is 9.53 Å². The van der Waals surface area contributed by atoms with Crippen molar-refractivity contribution in [3.05, 3.63) is 108 Å². The van der Waals surface area contributed by atoms with Crippen LogP contribution in [0.4, 0.5) is 0 Å². The highest BCUT2D eigenvalue weighted by molar-refractivity contribution is 6.37. The third kappa shape index (κ3) is 4.82. The molecule has 2 aromatic carbocycles. The van der Waals surface area contributed by atoms with Crippen LogP contribution in [0.1, 0.15) is 27.3 Å². The summed E-state index contributed by atoms with van der Waals surface area (Å²) >= 11 is 12.8. The second-order valence-corrected chi connectivity index (χ2v) is 8.90. The number of fused-ring (bicyclic) bond motifs is 1. The molecule has 184 valence electrons.